The van der Waals surface area contributed by atoms with Crippen molar-refractivity contribution in [2.45, 2.75) is 13.8 Å². The average Bonchev–Trinajstić information content (AvgIpc) is 2.09. The Morgan fingerprint density at radius 2 is 2.15 bits per heavy atom. The molecule has 1 aromatic carbocycles. The summed E-state index contributed by atoms with van der Waals surface area (Å²) in [5.41, 5.74) is 2.39. The number of halogens is 1. The number of aromatic hydroxyl groups is 1. The number of aryl methyl sites for hydroxylation is 1. The Labute approximate surface area is 85.4 Å². The molecule has 0 aliphatic carbocycles. The van der Waals surface area contributed by atoms with Gasteiger partial charge in [0.1, 0.15) is 5.75 Å². The number of benzene rings is 1. The van der Waals surface area contributed by atoms with E-state index >= 15 is 0 Å². The number of nitrogens with two attached hydrogens (primary N) is 1. The third-order valence-electron chi connectivity index (χ3n) is 1.94. The van der Waals surface area contributed by atoms with Crippen LogP contribution in [0.5, 0.6) is 5.75 Å². The van der Waals surface area contributed by atoms with Crippen molar-refractivity contribution in [2.75, 3.05) is 0 Å². The van der Waals surface area contributed by atoms with Gasteiger partial charge in [0.25, 0.3) is 0 Å². The van der Waals surface area contributed by atoms with Crippen LogP contribution in [0.4, 0.5) is 0 Å². The number of hydrogen-bond donors (Lipinski definition) is 2. The van der Waals surface area contributed by atoms with Gasteiger partial charge in [-0.3, -0.25) is 0 Å². The van der Waals surface area contributed by atoms with Crippen molar-refractivity contribution in [3.8, 4) is 5.75 Å². The van der Waals surface area contributed by atoms with E-state index in [0.717, 1.165) is 15.6 Å². The van der Waals surface area contributed by atoms with Gasteiger partial charge in [0.2, 0.25) is 0 Å². The SMILES string of the molecule is Cc1cc(Br)c(C)c(C=NN)c1O. The van der Waals surface area contributed by atoms with Crippen LogP contribution in [0, 0.1) is 13.8 Å². The Hall–Kier alpha value is -1.03. The number of hydrazone groups is 1. The molecule has 3 N–H and O–H groups in total. The lowest BCUT2D eigenvalue weighted by molar-refractivity contribution is 0.469. The Morgan fingerprint density at radius 1 is 1.54 bits per heavy atom. The number of rotatable bonds is 1. The molecule has 0 radical (unpaired) electrons. The second-order valence-corrected chi connectivity index (χ2v) is 3.70. The fraction of sp³-hybridized carbons (Fsp3) is 0.222. The van der Waals surface area contributed by atoms with Crippen LogP contribution in [0.25, 0.3) is 0 Å². The zero-order valence-corrected chi connectivity index (χ0v) is 9.09. The zero-order chi connectivity index (χ0) is 10.0. The first kappa shape index (κ1) is 10.1. The minimum absolute atomic E-state index is 0.231. The van der Waals surface area contributed by atoms with E-state index in [1.807, 2.05) is 19.9 Å². The molecular weight excluding hydrogens is 232 g/mol. The van der Waals surface area contributed by atoms with Gasteiger partial charge in [-0.2, -0.15) is 5.10 Å². The van der Waals surface area contributed by atoms with Crippen LogP contribution < -0.4 is 5.84 Å². The van der Waals surface area contributed by atoms with Gasteiger partial charge in [0.15, 0.2) is 0 Å². The molecule has 0 spiro atoms. The van der Waals surface area contributed by atoms with E-state index in [1.165, 1.54) is 6.21 Å². The Balaban J connectivity index is 3.46. The molecule has 0 saturated carbocycles. The van der Waals surface area contributed by atoms with Crippen LogP contribution in [0.15, 0.2) is 15.6 Å². The largest absolute Gasteiger partial charge is 0.507 e. The van der Waals surface area contributed by atoms with E-state index in [0.29, 0.717) is 5.56 Å². The van der Waals surface area contributed by atoms with E-state index < -0.39 is 0 Å². The van der Waals surface area contributed by atoms with E-state index in [4.69, 9.17) is 5.84 Å². The predicted octanol–water partition coefficient (Wildman–Crippen LogP) is 2.06. The van der Waals surface area contributed by atoms with Crippen molar-refractivity contribution in [2.24, 2.45) is 10.9 Å². The molecular formula is C9H11BrN2O. The van der Waals surface area contributed by atoms with Gasteiger partial charge in [-0.1, -0.05) is 15.9 Å². The third kappa shape index (κ3) is 1.83. The first-order chi connectivity index (χ1) is 6.07. The molecule has 70 valence electrons. The molecule has 1 rings (SSSR count). The van der Waals surface area contributed by atoms with E-state index in [1.54, 1.807) is 0 Å². The van der Waals surface area contributed by atoms with E-state index in [9.17, 15) is 5.11 Å². The summed E-state index contributed by atoms with van der Waals surface area (Å²) in [5.74, 6) is 5.27. The molecule has 0 bridgehead atoms. The monoisotopic (exact) mass is 242 g/mol. The number of phenolic OH excluding ortho intramolecular Hbond substituents is 1. The quantitative estimate of drug-likeness (QED) is 0.450. The van der Waals surface area contributed by atoms with Gasteiger partial charge < -0.3 is 10.9 Å². The lowest BCUT2D eigenvalue weighted by Crippen LogP contribution is -1.94. The standard InChI is InChI=1S/C9H11BrN2O/c1-5-3-8(10)6(2)7(4-12-11)9(5)13/h3-4,13H,11H2,1-2H3. The van der Waals surface area contributed by atoms with E-state index in [2.05, 4.69) is 21.0 Å². The van der Waals surface area contributed by atoms with E-state index in [-0.39, 0.29) is 5.75 Å². The molecule has 13 heavy (non-hydrogen) atoms. The molecule has 0 aliphatic rings. The first-order valence-electron chi connectivity index (χ1n) is 3.80. The van der Waals surface area contributed by atoms with Gasteiger partial charge in [-0.15, -0.1) is 0 Å². The summed E-state index contributed by atoms with van der Waals surface area (Å²) >= 11 is 3.39. The molecule has 0 atom stereocenters. The lowest BCUT2D eigenvalue weighted by Gasteiger charge is -2.08. The summed E-state index contributed by atoms with van der Waals surface area (Å²) in [6.07, 6.45) is 1.45. The predicted molar refractivity (Wildman–Crippen MR) is 57.1 cm³/mol. The second-order valence-electron chi connectivity index (χ2n) is 2.84. The Kier molecular flexibility index (Phi) is 2.93. The van der Waals surface area contributed by atoms with Crippen molar-refractivity contribution >= 4 is 22.1 Å². The third-order valence-corrected chi connectivity index (χ3v) is 2.76. The molecule has 0 fully saturated rings. The first-order valence-corrected chi connectivity index (χ1v) is 4.59. The normalized spacial score (nSPS) is 11.0. The smallest absolute Gasteiger partial charge is 0.127 e. The van der Waals surface area contributed by atoms with Gasteiger partial charge in [0.05, 0.1) is 6.21 Å². The highest BCUT2D eigenvalue weighted by atomic mass is 79.9. The molecule has 1 aromatic rings. The average molecular weight is 243 g/mol. The number of phenols is 1. The summed E-state index contributed by atoms with van der Waals surface area (Å²) in [6.45, 7) is 3.72. The van der Waals surface area contributed by atoms with Gasteiger partial charge in [-0.25, -0.2) is 0 Å². The molecule has 0 aliphatic heterocycles. The van der Waals surface area contributed by atoms with Crippen LogP contribution >= 0.6 is 15.9 Å². The number of hydrogen-bond acceptors (Lipinski definition) is 3. The Bertz CT molecular complexity index is 335. The summed E-state index contributed by atoms with van der Waals surface area (Å²) in [7, 11) is 0. The van der Waals surface area contributed by atoms with Crippen LogP contribution in [0.3, 0.4) is 0 Å². The molecule has 0 amide bonds. The highest BCUT2D eigenvalue weighted by Gasteiger charge is 2.09. The highest BCUT2D eigenvalue weighted by Crippen LogP contribution is 2.29. The van der Waals surface area contributed by atoms with Crippen LogP contribution in [-0.2, 0) is 0 Å². The second kappa shape index (κ2) is 3.79. The summed E-state index contributed by atoms with van der Waals surface area (Å²) in [5, 5.41) is 13.1. The maximum Gasteiger partial charge on any atom is 0.127 e. The van der Waals surface area contributed by atoms with Crippen molar-refractivity contribution in [3.05, 3.63) is 27.2 Å². The van der Waals surface area contributed by atoms with Gasteiger partial charge >= 0.3 is 0 Å². The Morgan fingerprint density at radius 3 is 2.69 bits per heavy atom. The molecule has 4 heteroatoms. The maximum absolute atomic E-state index is 9.67. The minimum atomic E-state index is 0.231. The summed E-state index contributed by atoms with van der Waals surface area (Å²) < 4.78 is 0.942. The minimum Gasteiger partial charge on any atom is -0.507 e. The topological polar surface area (TPSA) is 58.6 Å². The van der Waals surface area contributed by atoms with Gasteiger partial charge in [-0.05, 0) is 31.0 Å². The van der Waals surface area contributed by atoms with Crippen LogP contribution in [-0.4, -0.2) is 11.3 Å². The fourth-order valence-electron chi connectivity index (χ4n) is 1.12. The summed E-state index contributed by atoms with van der Waals surface area (Å²) in [4.78, 5) is 0. The highest BCUT2D eigenvalue weighted by molar-refractivity contribution is 9.10. The fourth-order valence-corrected chi connectivity index (χ4v) is 1.67. The van der Waals surface area contributed by atoms with Crippen molar-refractivity contribution in [3.63, 3.8) is 0 Å². The van der Waals surface area contributed by atoms with Crippen molar-refractivity contribution in [1.29, 1.82) is 0 Å². The van der Waals surface area contributed by atoms with Crippen molar-refractivity contribution < 1.29 is 5.11 Å². The molecule has 3 nitrogen and oxygen atoms in total. The summed E-state index contributed by atoms with van der Waals surface area (Å²) in [6, 6.07) is 1.86. The number of nitrogens with zero attached hydrogens (tertiary/aromatic N) is 1. The molecule has 0 aromatic heterocycles. The maximum atomic E-state index is 9.67. The lowest BCUT2D eigenvalue weighted by atomic mass is 10.0. The van der Waals surface area contributed by atoms with Crippen molar-refractivity contribution in [1.82, 2.24) is 0 Å². The molecule has 0 saturated heterocycles. The molecule has 0 heterocycles. The van der Waals surface area contributed by atoms with Gasteiger partial charge in [0, 0.05) is 10.0 Å². The van der Waals surface area contributed by atoms with Crippen LogP contribution in [0.1, 0.15) is 16.7 Å². The molecule has 0 unspecified atom stereocenters. The van der Waals surface area contributed by atoms with Crippen LogP contribution in [0.2, 0.25) is 0 Å². The zero-order valence-electron chi connectivity index (χ0n) is 7.50.